The topological polar surface area (TPSA) is 78.7 Å². The molecule has 0 radical (unpaired) electrons. The summed E-state index contributed by atoms with van der Waals surface area (Å²) in [6, 6.07) is 3.84. The summed E-state index contributed by atoms with van der Waals surface area (Å²) in [5.74, 6) is 0.273. The molecule has 0 aliphatic heterocycles. The van der Waals surface area contributed by atoms with Crippen molar-refractivity contribution in [2.75, 3.05) is 5.73 Å². The SMILES string of the molecule is Cn1c(=O)ccc2c3cnc(N)nc3n(C3CCCC3)c21. The lowest BCUT2D eigenvalue weighted by Gasteiger charge is -2.15. The number of anilines is 1. The van der Waals surface area contributed by atoms with Gasteiger partial charge in [-0.25, -0.2) is 4.98 Å². The Morgan fingerprint density at radius 1 is 1.24 bits per heavy atom. The molecule has 0 bridgehead atoms. The van der Waals surface area contributed by atoms with Crippen LogP contribution < -0.4 is 11.3 Å². The maximum Gasteiger partial charge on any atom is 0.251 e. The quantitative estimate of drug-likeness (QED) is 0.740. The number of pyridine rings is 1. The molecule has 1 aliphatic carbocycles. The molecule has 21 heavy (non-hydrogen) atoms. The van der Waals surface area contributed by atoms with Crippen molar-refractivity contribution in [1.29, 1.82) is 0 Å². The van der Waals surface area contributed by atoms with Crippen LogP contribution in [0.4, 0.5) is 5.95 Å². The first-order chi connectivity index (χ1) is 10.2. The maximum atomic E-state index is 12.0. The number of nitrogens with two attached hydrogens (primary N) is 1. The highest BCUT2D eigenvalue weighted by molar-refractivity contribution is 6.05. The minimum atomic E-state index is -0.00881. The Kier molecular flexibility index (Phi) is 2.54. The number of aromatic nitrogens is 4. The zero-order valence-corrected chi connectivity index (χ0v) is 11.9. The Morgan fingerprint density at radius 3 is 2.76 bits per heavy atom. The van der Waals surface area contributed by atoms with E-state index < -0.39 is 0 Å². The fourth-order valence-electron chi connectivity index (χ4n) is 3.50. The molecule has 1 fully saturated rings. The van der Waals surface area contributed by atoms with E-state index in [0.717, 1.165) is 34.9 Å². The molecule has 3 aromatic heterocycles. The lowest BCUT2D eigenvalue weighted by atomic mass is 10.2. The molecule has 4 rings (SSSR count). The van der Waals surface area contributed by atoms with E-state index in [4.69, 9.17) is 5.73 Å². The lowest BCUT2D eigenvalue weighted by Crippen LogP contribution is -2.18. The van der Waals surface area contributed by atoms with Gasteiger partial charge >= 0.3 is 0 Å². The van der Waals surface area contributed by atoms with Crippen LogP contribution in [0, 0.1) is 0 Å². The number of nitrogens with zero attached hydrogens (tertiary/aromatic N) is 4. The van der Waals surface area contributed by atoms with E-state index in [1.54, 1.807) is 16.8 Å². The summed E-state index contributed by atoms with van der Waals surface area (Å²) in [5, 5.41) is 1.97. The lowest BCUT2D eigenvalue weighted by molar-refractivity contribution is 0.537. The Bertz CT molecular complexity index is 902. The minimum Gasteiger partial charge on any atom is -0.368 e. The zero-order valence-electron chi connectivity index (χ0n) is 11.9. The molecule has 108 valence electrons. The molecule has 1 aliphatic rings. The Balaban J connectivity index is 2.21. The average molecular weight is 283 g/mol. The van der Waals surface area contributed by atoms with Crippen LogP contribution in [0.5, 0.6) is 0 Å². The molecule has 0 saturated heterocycles. The summed E-state index contributed by atoms with van der Waals surface area (Å²) in [6.45, 7) is 0. The van der Waals surface area contributed by atoms with Gasteiger partial charge in [-0.15, -0.1) is 0 Å². The number of nitrogen functional groups attached to an aromatic ring is 1. The van der Waals surface area contributed by atoms with Gasteiger partial charge < -0.3 is 10.3 Å². The normalized spacial score (nSPS) is 16.2. The number of rotatable bonds is 1. The molecule has 0 unspecified atom stereocenters. The van der Waals surface area contributed by atoms with Crippen LogP contribution in [0.1, 0.15) is 31.7 Å². The molecule has 6 nitrogen and oxygen atoms in total. The van der Waals surface area contributed by atoms with Crippen molar-refractivity contribution >= 4 is 28.0 Å². The van der Waals surface area contributed by atoms with E-state index in [2.05, 4.69) is 14.5 Å². The molecule has 0 spiro atoms. The summed E-state index contributed by atoms with van der Waals surface area (Å²) >= 11 is 0. The van der Waals surface area contributed by atoms with Crippen LogP contribution in [0.15, 0.2) is 23.1 Å². The van der Waals surface area contributed by atoms with Gasteiger partial charge in [-0.1, -0.05) is 12.8 Å². The summed E-state index contributed by atoms with van der Waals surface area (Å²) in [6.07, 6.45) is 6.42. The first-order valence-electron chi connectivity index (χ1n) is 7.29. The van der Waals surface area contributed by atoms with Crippen LogP contribution in [0.3, 0.4) is 0 Å². The molecule has 6 heteroatoms. The second kappa shape index (κ2) is 4.31. The molecule has 2 N–H and O–H groups in total. The second-order valence-corrected chi connectivity index (χ2v) is 5.74. The summed E-state index contributed by atoms with van der Waals surface area (Å²) < 4.78 is 3.89. The van der Waals surface area contributed by atoms with Gasteiger partial charge in [0, 0.05) is 36.1 Å². The predicted molar refractivity (Wildman–Crippen MR) is 82.2 cm³/mol. The van der Waals surface area contributed by atoms with E-state index >= 15 is 0 Å². The standard InChI is InChI=1S/C15H17N5O/c1-19-12(21)7-6-10-11-8-17-15(16)18-13(11)20(14(10)19)9-4-2-3-5-9/h6-9H,2-5H2,1H3,(H2,16,17,18). The third-order valence-corrected chi connectivity index (χ3v) is 4.51. The molecular formula is C15H17N5O. The van der Waals surface area contributed by atoms with E-state index in [0.29, 0.717) is 6.04 Å². The van der Waals surface area contributed by atoms with Gasteiger partial charge in [-0.2, -0.15) is 4.98 Å². The van der Waals surface area contributed by atoms with E-state index in [-0.39, 0.29) is 11.5 Å². The van der Waals surface area contributed by atoms with Crippen molar-refractivity contribution in [1.82, 2.24) is 19.1 Å². The van der Waals surface area contributed by atoms with Crippen LogP contribution in [0.2, 0.25) is 0 Å². The monoisotopic (exact) mass is 283 g/mol. The fraction of sp³-hybridized carbons (Fsp3) is 0.400. The van der Waals surface area contributed by atoms with Crippen LogP contribution in [0.25, 0.3) is 22.1 Å². The molecule has 1 saturated carbocycles. The second-order valence-electron chi connectivity index (χ2n) is 5.74. The van der Waals surface area contributed by atoms with E-state index in [1.165, 1.54) is 12.8 Å². The largest absolute Gasteiger partial charge is 0.368 e. The highest BCUT2D eigenvalue weighted by Crippen LogP contribution is 2.36. The van der Waals surface area contributed by atoms with Crippen molar-refractivity contribution in [3.8, 4) is 0 Å². The maximum absolute atomic E-state index is 12.0. The molecule has 0 atom stereocenters. The van der Waals surface area contributed by atoms with Gasteiger partial charge in [-0.05, 0) is 18.9 Å². The van der Waals surface area contributed by atoms with Gasteiger partial charge in [0.25, 0.3) is 5.56 Å². The molecular weight excluding hydrogens is 266 g/mol. The summed E-state index contributed by atoms with van der Waals surface area (Å²) in [4.78, 5) is 20.6. The van der Waals surface area contributed by atoms with Crippen LogP contribution in [-0.4, -0.2) is 19.1 Å². The van der Waals surface area contributed by atoms with Crippen molar-refractivity contribution in [2.45, 2.75) is 31.7 Å². The Hall–Kier alpha value is -2.37. The highest BCUT2D eigenvalue weighted by atomic mass is 16.1. The molecule has 0 amide bonds. The van der Waals surface area contributed by atoms with Crippen molar-refractivity contribution < 1.29 is 0 Å². The summed E-state index contributed by atoms with van der Waals surface area (Å²) in [7, 11) is 1.81. The number of fused-ring (bicyclic) bond motifs is 3. The van der Waals surface area contributed by atoms with Gasteiger partial charge in [-0.3, -0.25) is 9.36 Å². The number of aryl methyl sites for hydroxylation is 1. The Morgan fingerprint density at radius 2 is 2.00 bits per heavy atom. The average Bonchev–Trinajstić information content (AvgIpc) is 3.08. The van der Waals surface area contributed by atoms with Crippen molar-refractivity contribution in [3.05, 3.63) is 28.7 Å². The van der Waals surface area contributed by atoms with Gasteiger partial charge in [0.15, 0.2) is 0 Å². The van der Waals surface area contributed by atoms with Gasteiger partial charge in [0.05, 0.1) is 0 Å². The third kappa shape index (κ3) is 1.68. The van der Waals surface area contributed by atoms with Crippen LogP contribution in [-0.2, 0) is 7.05 Å². The third-order valence-electron chi connectivity index (χ3n) is 4.51. The minimum absolute atomic E-state index is 0.00881. The van der Waals surface area contributed by atoms with E-state index in [1.807, 2.05) is 13.1 Å². The van der Waals surface area contributed by atoms with Gasteiger partial charge in [0.1, 0.15) is 11.3 Å². The first kappa shape index (κ1) is 12.4. The zero-order chi connectivity index (χ0) is 14.6. The van der Waals surface area contributed by atoms with E-state index in [9.17, 15) is 4.79 Å². The van der Waals surface area contributed by atoms with Gasteiger partial charge in [0.2, 0.25) is 5.95 Å². The van der Waals surface area contributed by atoms with Crippen molar-refractivity contribution in [2.24, 2.45) is 7.05 Å². The highest BCUT2D eigenvalue weighted by Gasteiger charge is 2.24. The first-order valence-corrected chi connectivity index (χ1v) is 7.29. The number of hydrogen-bond acceptors (Lipinski definition) is 4. The predicted octanol–water partition coefficient (Wildman–Crippen LogP) is 1.98. The number of hydrogen-bond donors (Lipinski definition) is 1. The Labute approximate surface area is 121 Å². The molecule has 0 aromatic carbocycles. The molecule has 3 heterocycles. The summed E-state index contributed by atoms with van der Waals surface area (Å²) in [5.41, 5.74) is 7.53. The smallest absolute Gasteiger partial charge is 0.251 e. The molecule has 3 aromatic rings. The van der Waals surface area contributed by atoms with Crippen LogP contribution >= 0.6 is 0 Å². The fourth-order valence-corrected chi connectivity index (χ4v) is 3.50. The van der Waals surface area contributed by atoms with Crippen molar-refractivity contribution in [3.63, 3.8) is 0 Å².